The Hall–Kier alpha value is 0.1000. The summed E-state index contributed by atoms with van der Waals surface area (Å²) in [5.41, 5.74) is 5.87. The monoisotopic (exact) mass is 302 g/mol. The van der Waals surface area contributed by atoms with Crippen molar-refractivity contribution in [3.63, 3.8) is 0 Å². The van der Waals surface area contributed by atoms with Crippen LogP contribution in [0.25, 0.3) is 0 Å². The average Bonchev–Trinajstić information content (AvgIpc) is 2.67. The van der Waals surface area contributed by atoms with Crippen molar-refractivity contribution < 1.29 is 0 Å². The summed E-state index contributed by atoms with van der Waals surface area (Å²) >= 11 is 5.34. The van der Waals surface area contributed by atoms with Gasteiger partial charge in [-0.1, -0.05) is 6.42 Å². The number of nitrogens with two attached hydrogens (primary N) is 1. The van der Waals surface area contributed by atoms with Gasteiger partial charge in [-0.25, -0.2) is 0 Å². The molecular weight excluding hydrogens is 284 g/mol. The van der Waals surface area contributed by atoms with Crippen molar-refractivity contribution in [3.8, 4) is 0 Å². The molecule has 2 N–H and O–H groups in total. The highest BCUT2D eigenvalue weighted by molar-refractivity contribution is 9.10. The van der Waals surface area contributed by atoms with Gasteiger partial charge in [0.2, 0.25) is 0 Å². The summed E-state index contributed by atoms with van der Waals surface area (Å²) in [6, 6.07) is 3.47. The van der Waals surface area contributed by atoms with E-state index in [1.807, 2.05) is 11.3 Å². The molecule has 2 unspecified atom stereocenters. The molecule has 0 aliphatic carbocycles. The number of thiophene rings is 1. The molecule has 1 aromatic heterocycles. The molecule has 1 aliphatic heterocycles. The maximum atomic E-state index is 5.87. The molecule has 0 aromatic carbocycles. The molecular formula is C12H19BrN2S. The van der Waals surface area contributed by atoms with Crippen molar-refractivity contribution in [2.75, 3.05) is 6.54 Å². The first kappa shape index (κ1) is 12.6. The van der Waals surface area contributed by atoms with Crippen LogP contribution in [0.15, 0.2) is 15.9 Å². The molecule has 1 aliphatic rings. The van der Waals surface area contributed by atoms with E-state index in [4.69, 9.17) is 5.73 Å². The van der Waals surface area contributed by atoms with Crippen LogP contribution in [0.3, 0.4) is 0 Å². The molecule has 2 atom stereocenters. The maximum Gasteiger partial charge on any atom is 0.0334 e. The molecule has 0 bridgehead atoms. The fourth-order valence-corrected chi connectivity index (χ4v) is 3.95. The summed E-state index contributed by atoms with van der Waals surface area (Å²) in [6.07, 6.45) is 3.89. The largest absolute Gasteiger partial charge is 0.329 e. The summed E-state index contributed by atoms with van der Waals surface area (Å²) in [5, 5.41) is 2.15. The first-order valence-corrected chi connectivity index (χ1v) is 7.56. The van der Waals surface area contributed by atoms with Crippen LogP contribution in [0.1, 0.15) is 31.1 Å². The Morgan fingerprint density at radius 3 is 3.00 bits per heavy atom. The van der Waals surface area contributed by atoms with Crippen molar-refractivity contribution in [3.05, 3.63) is 20.8 Å². The maximum absolute atomic E-state index is 5.87. The number of nitrogens with zero attached hydrogens (tertiary/aromatic N) is 1. The summed E-state index contributed by atoms with van der Waals surface area (Å²) in [4.78, 5) is 4.00. The van der Waals surface area contributed by atoms with Crippen molar-refractivity contribution in [1.29, 1.82) is 0 Å². The molecule has 0 amide bonds. The summed E-state index contributed by atoms with van der Waals surface area (Å²) in [5.74, 6) is 0. The molecule has 1 aromatic rings. The Labute approximate surface area is 110 Å². The van der Waals surface area contributed by atoms with Crippen molar-refractivity contribution in [1.82, 2.24) is 4.90 Å². The number of piperidine rings is 1. The molecule has 90 valence electrons. The predicted molar refractivity (Wildman–Crippen MR) is 73.7 cm³/mol. The van der Waals surface area contributed by atoms with Gasteiger partial charge in [0.1, 0.15) is 0 Å². The molecule has 16 heavy (non-hydrogen) atoms. The minimum absolute atomic E-state index is 0.574. The Balaban J connectivity index is 2.05. The van der Waals surface area contributed by atoms with Crippen LogP contribution in [-0.4, -0.2) is 23.5 Å². The van der Waals surface area contributed by atoms with E-state index in [1.165, 1.54) is 28.6 Å². The zero-order chi connectivity index (χ0) is 11.5. The molecule has 4 heteroatoms. The van der Waals surface area contributed by atoms with E-state index in [2.05, 4.69) is 39.2 Å². The topological polar surface area (TPSA) is 29.3 Å². The highest BCUT2D eigenvalue weighted by Crippen LogP contribution is 2.27. The van der Waals surface area contributed by atoms with Crippen molar-refractivity contribution >= 4 is 27.3 Å². The fourth-order valence-electron chi connectivity index (χ4n) is 2.50. The number of likely N-dealkylation sites (tertiary alicyclic amines) is 1. The second-order valence-electron chi connectivity index (χ2n) is 4.57. The third kappa shape index (κ3) is 2.86. The van der Waals surface area contributed by atoms with E-state index >= 15 is 0 Å². The van der Waals surface area contributed by atoms with Gasteiger partial charge in [-0.15, -0.1) is 11.3 Å². The van der Waals surface area contributed by atoms with Gasteiger partial charge >= 0.3 is 0 Å². The second-order valence-corrected chi connectivity index (χ2v) is 6.48. The summed E-state index contributed by atoms with van der Waals surface area (Å²) in [7, 11) is 0. The van der Waals surface area contributed by atoms with E-state index < -0.39 is 0 Å². The third-order valence-corrected chi connectivity index (χ3v) is 5.11. The number of hydrogen-bond acceptors (Lipinski definition) is 3. The summed E-state index contributed by atoms with van der Waals surface area (Å²) in [6.45, 7) is 4.17. The standard InChI is InChI=1S/C12H19BrN2S/c1-9-3-2-4-11(6-14)15(9)7-12-5-10(13)8-16-12/h5,8-9,11H,2-4,6-7,14H2,1H3. The van der Waals surface area contributed by atoms with E-state index in [9.17, 15) is 0 Å². The van der Waals surface area contributed by atoms with Gasteiger partial charge in [-0.05, 0) is 41.8 Å². The highest BCUT2D eigenvalue weighted by atomic mass is 79.9. The van der Waals surface area contributed by atoms with Crippen LogP contribution in [0.5, 0.6) is 0 Å². The van der Waals surface area contributed by atoms with Crippen LogP contribution < -0.4 is 5.73 Å². The van der Waals surface area contributed by atoms with Crippen LogP contribution in [-0.2, 0) is 6.54 Å². The van der Waals surface area contributed by atoms with Gasteiger partial charge in [0.05, 0.1) is 0 Å². The molecule has 0 radical (unpaired) electrons. The lowest BCUT2D eigenvalue weighted by Gasteiger charge is -2.40. The van der Waals surface area contributed by atoms with Gasteiger partial charge in [0.25, 0.3) is 0 Å². The Kier molecular flexibility index (Phi) is 4.41. The Morgan fingerprint density at radius 2 is 2.38 bits per heavy atom. The predicted octanol–water partition coefficient (Wildman–Crippen LogP) is 3.21. The minimum atomic E-state index is 0.574. The number of hydrogen-bond donors (Lipinski definition) is 1. The van der Waals surface area contributed by atoms with Crippen LogP contribution in [0.2, 0.25) is 0 Å². The first-order chi connectivity index (χ1) is 7.70. The zero-order valence-corrected chi connectivity index (χ0v) is 12.1. The smallest absolute Gasteiger partial charge is 0.0334 e. The molecule has 0 spiro atoms. The lowest BCUT2D eigenvalue weighted by atomic mass is 9.96. The van der Waals surface area contributed by atoms with Gasteiger partial charge < -0.3 is 5.73 Å². The van der Waals surface area contributed by atoms with Gasteiger partial charge in [-0.3, -0.25) is 4.90 Å². The number of halogens is 1. The van der Waals surface area contributed by atoms with Crippen molar-refractivity contribution in [2.24, 2.45) is 5.73 Å². The van der Waals surface area contributed by atoms with Gasteiger partial charge in [0.15, 0.2) is 0 Å². The third-order valence-electron chi connectivity index (χ3n) is 3.43. The molecule has 1 fully saturated rings. The zero-order valence-electron chi connectivity index (χ0n) is 9.66. The van der Waals surface area contributed by atoms with E-state index in [0.717, 1.165) is 13.1 Å². The summed E-state index contributed by atoms with van der Waals surface area (Å²) < 4.78 is 1.20. The number of rotatable bonds is 3. The second kappa shape index (κ2) is 5.63. The van der Waals surface area contributed by atoms with E-state index in [0.29, 0.717) is 12.1 Å². The van der Waals surface area contributed by atoms with Gasteiger partial charge in [0, 0.05) is 39.9 Å². The van der Waals surface area contributed by atoms with E-state index in [1.54, 1.807) is 0 Å². The van der Waals surface area contributed by atoms with Gasteiger partial charge in [-0.2, -0.15) is 0 Å². The normalized spacial score (nSPS) is 27.2. The molecule has 2 nitrogen and oxygen atoms in total. The Bertz CT molecular complexity index is 340. The lowest BCUT2D eigenvalue weighted by Crippen LogP contribution is -2.48. The molecule has 2 heterocycles. The lowest BCUT2D eigenvalue weighted by molar-refractivity contribution is 0.0903. The van der Waals surface area contributed by atoms with Crippen LogP contribution in [0.4, 0.5) is 0 Å². The van der Waals surface area contributed by atoms with Crippen LogP contribution in [0, 0.1) is 0 Å². The van der Waals surface area contributed by atoms with E-state index in [-0.39, 0.29) is 0 Å². The SMILES string of the molecule is CC1CCCC(CN)N1Cc1cc(Br)cs1. The molecule has 1 saturated heterocycles. The van der Waals surface area contributed by atoms with Crippen molar-refractivity contribution in [2.45, 2.75) is 44.8 Å². The quantitative estimate of drug-likeness (QED) is 0.929. The molecule has 2 rings (SSSR count). The Morgan fingerprint density at radius 1 is 1.56 bits per heavy atom. The highest BCUT2D eigenvalue weighted by Gasteiger charge is 2.26. The first-order valence-electron chi connectivity index (χ1n) is 5.89. The molecule has 0 saturated carbocycles. The fraction of sp³-hybridized carbons (Fsp3) is 0.667. The minimum Gasteiger partial charge on any atom is -0.329 e. The average molecular weight is 303 g/mol. The van der Waals surface area contributed by atoms with Crippen LogP contribution >= 0.6 is 27.3 Å².